The summed E-state index contributed by atoms with van der Waals surface area (Å²) in [5, 5.41) is 0. The average molecular weight is 293 g/mol. The first-order valence-electron chi connectivity index (χ1n) is 6.68. The Balaban J connectivity index is 2.85. The van der Waals surface area contributed by atoms with Crippen LogP contribution in [0, 0.1) is 20.8 Å². The topological polar surface area (TPSA) is 43.4 Å². The van der Waals surface area contributed by atoms with Gasteiger partial charge in [-0.3, -0.25) is 0 Å². The van der Waals surface area contributed by atoms with Gasteiger partial charge < -0.3 is 4.74 Å². The number of aryl methyl sites for hydroxylation is 3. The Morgan fingerprint density at radius 1 is 1.25 bits per heavy atom. The molecule has 108 valence electrons. The Bertz CT molecular complexity index is 524. The molecule has 0 amide bonds. The first kappa shape index (κ1) is 16.7. The van der Waals surface area contributed by atoms with E-state index >= 15 is 0 Å². The van der Waals surface area contributed by atoms with Crippen LogP contribution >= 0.6 is 7.80 Å². The summed E-state index contributed by atoms with van der Waals surface area (Å²) in [6, 6.07) is 3.89. The Morgan fingerprint density at radius 2 is 1.80 bits per heavy atom. The van der Waals surface area contributed by atoms with Crippen molar-refractivity contribution in [1.29, 1.82) is 0 Å². The van der Waals surface area contributed by atoms with Gasteiger partial charge in [0.05, 0.1) is 12.2 Å². The molecular formula is C16H22O3P+. The highest BCUT2D eigenvalue weighted by Gasteiger charge is 2.32. The van der Waals surface area contributed by atoms with Gasteiger partial charge in [0, 0.05) is 6.61 Å². The van der Waals surface area contributed by atoms with Crippen molar-refractivity contribution in [2.45, 2.75) is 27.7 Å². The molecule has 1 rings (SSSR count). The minimum Gasteiger partial charge on any atom is -0.377 e. The number of carbonyl (C=O) groups is 1. The predicted octanol–water partition coefficient (Wildman–Crippen LogP) is 4.17. The largest absolute Gasteiger partial charge is 0.424 e. The quantitative estimate of drug-likeness (QED) is 0.559. The van der Waals surface area contributed by atoms with Gasteiger partial charge in [0.15, 0.2) is 6.16 Å². The zero-order valence-corrected chi connectivity index (χ0v) is 13.5. The molecule has 0 aliphatic carbocycles. The second-order valence-corrected chi connectivity index (χ2v) is 6.48. The fourth-order valence-electron chi connectivity index (χ4n) is 2.21. The lowest BCUT2D eigenvalue weighted by molar-refractivity contribution is 0.107. The molecule has 4 heteroatoms. The average Bonchev–Trinajstić information content (AvgIpc) is 2.34. The smallest absolute Gasteiger partial charge is 0.377 e. The van der Waals surface area contributed by atoms with Crippen LogP contribution in [0.2, 0.25) is 0 Å². The van der Waals surface area contributed by atoms with E-state index in [4.69, 9.17) is 4.74 Å². The van der Waals surface area contributed by atoms with Gasteiger partial charge in [-0.05, 0) is 44.4 Å². The van der Waals surface area contributed by atoms with Crippen molar-refractivity contribution in [3.8, 4) is 0 Å². The zero-order valence-electron chi connectivity index (χ0n) is 12.7. The van der Waals surface area contributed by atoms with E-state index in [-0.39, 0.29) is 11.7 Å². The van der Waals surface area contributed by atoms with Crippen molar-refractivity contribution < 1.29 is 14.1 Å². The Morgan fingerprint density at radius 3 is 2.30 bits per heavy atom. The molecule has 0 aromatic heterocycles. The van der Waals surface area contributed by atoms with Gasteiger partial charge in [-0.25, -0.2) is 4.79 Å². The van der Waals surface area contributed by atoms with Gasteiger partial charge in [-0.2, -0.15) is 0 Å². The second-order valence-electron chi connectivity index (χ2n) is 5.00. The maximum Gasteiger partial charge on any atom is 0.424 e. The molecule has 0 spiro atoms. The van der Waals surface area contributed by atoms with E-state index in [0.717, 1.165) is 16.7 Å². The first-order valence-corrected chi connectivity index (χ1v) is 8.12. The highest BCUT2D eigenvalue weighted by atomic mass is 31.1. The summed E-state index contributed by atoms with van der Waals surface area (Å²) in [6.07, 6.45) is 0.195. The summed E-state index contributed by atoms with van der Waals surface area (Å²) in [5.41, 5.74) is 3.86. The normalized spacial score (nSPS) is 11.3. The number of hydrogen-bond donors (Lipinski definition) is 0. The third kappa shape index (κ3) is 4.36. The van der Waals surface area contributed by atoms with Gasteiger partial charge in [-0.1, -0.05) is 28.8 Å². The van der Waals surface area contributed by atoms with Crippen molar-refractivity contribution in [2.24, 2.45) is 0 Å². The van der Waals surface area contributed by atoms with Crippen LogP contribution in [0.3, 0.4) is 0 Å². The molecule has 0 bridgehead atoms. The fourth-order valence-corrected chi connectivity index (χ4v) is 3.45. The molecule has 3 nitrogen and oxygen atoms in total. The van der Waals surface area contributed by atoms with Gasteiger partial charge in [-0.15, -0.1) is 0 Å². The van der Waals surface area contributed by atoms with E-state index in [1.54, 1.807) is 0 Å². The Labute approximate surface area is 121 Å². The highest BCUT2D eigenvalue weighted by molar-refractivity contribution is 7.64. The molecule has 0 heterocycles. The number of carbonyl (C=O) groups excluding carboxylic acids is 1. The number of hydrogen-bond acceptors (Lipinski definition) is 3. The van der Waals surface area contributed by atoms with Crippen molar-refractivity contribution >= 4 is 13.3 Å². The van der Waals surface area contributed by atoms with E-state index < -0.39 is 7.80 Å². The van der Waals surface area contributed by atoms with E-state index in [0.29, 0.717) is 24.4 Å². The lowest BCUT2D eigenvalue weighted by atomic mass is 10.0. The molecule has 0 saturated carbocycles. The minimum atomic E-state index is -1.98. The predicted molar refractivity (Wildman–Crippen MR) is 83.1 cm³/mol. The minimum absolute atomic E-state index is 0.195. The molecule has 1 aromatic carbocycles. The van der Waals surface area contributed by atoms with E-state index in [1.807, 2.05) is 39.8 Å². The lowest BCUT2D eigenvalue weighted by Gasteiger charge is -2.05. The molecule has 1 atom stereocenters. The molecule has 0 radical (unpaired) electrons. The molecule has 20 heavy (non-hydrogen) atoms. The number of ether oxygens (including phenoxy) is 1. The van der Waals surface area contributed by atoms with Crippen LogP contribution in [-0.2, 0) is 9.30 Å². The molecule has 1 unspecified atom stereocenters. The molecule has 0 aliphatic heterocycles. The van der Waals surface area contributed by atoms with Crippen LogP contribution < -0.4 is 0 Å². The van der Waals surface area contributed by atoms with Gasteiger partial charge in [0.1, 0.15) is 0 Å². The third-order valence-electron chi connectivity index (χ3n) is 2.99. The molecule has 0 aliphatic rings. The van der Waals surface area contributed by atoms with Crippen molar-refractivity contribution in [3.05, 3.63) is 46.5 Å². The third-order valence-corrected chi connectivity index (χ3v) is 4.41. The highest BCUT2D eigenvalue weighted by Crippen LogP contribution is 2.32. The molecule has 1 aromatic rings. The summed E-state index contributed by atoms with van der Waals surface area (Å²) < 4.78 is 17.4. The summed E-state index contributed by atoms with van der Waals surface area (Å²) in [6.45, 7) is 12.4. The maximum absolute atomic E-state index is 12.3. The van der Waals surface area contributed by atoms with E-state index in [2.05, 4.69) is 6.58 Å². The van der Waals surface area contributed by atoms with Crippen LogP contribution in [0.25, 0.3) is 0 Å². The monoisotopic (exact) mass is 293 g/mol. The Kier molecular flexibility index (Phi) is 6.25. The van der Waals surface area contributed by atoms with E-state index in [1.165, 1.54) is 0 Å². The molecule has 0 fully saturated rings. The van der Waals surface area contributed by atoms with Crippen LogP contribution in [0.15, 0.2) is 24.3 Å². The van der Waals surface area contributed by atoms with Crippen molar-refractivity contribution in [2.75, 3.05) is 19.4 Å². The zero-order chi connectivity index (χ0) is 15.3. The van der Waals surface area contributed by atoms with Gasteiger partial charge in [0.25, 0.3) is 0 Å². The lowest BCUT2D eigenvalue weighted by Crippen LogP contribution is -2.05. The van der Waals surface area contributed by atoms with Crippen LogP contribution in [0.5, 0.6) is 0 Å². The number of benzene rings is 1. The van der Waals surface area contributed by atoms with E-state index in [9.17, 15) is 9.36 Å². The van der Waals surface area contributed by atoms with Gasteiger partial charge >= 0.3 is 13.3 Å². The van der Waals surface area contributed by atoms with Crippen LogP contribution in [0.1, 0.15) is 34.0 Å². The summed E-state index contributed by atoms with van der Waals surface area (Å²) in [5.74, 6) is 0. The van der Waals surface area contributed by atoms with Gasteiger partial charge in [0.2, 0.25) is 0 Å². The van der Waals surface area contributed by atoms with Crippen LogP contribution in [0.4, 0.5) is 0 Å². The SMILES string of the molecule is C=C(COCC)C[P+](=O)C(=O)c1c(C)cc(C)cc1C. The standard InChI is InChI=1S/C16H22O3P/c1-6-19-9-12(3)10-20(18)16(17)15-13(4)7-11(2)8-14(15)5/h7-8H,3,6,9-10H2,1-2,4-5H3/q+1. The molecule has 0 saturated heterocycles. The van der Waals surface area contributed by atoms with Crippen molar-refractivity contribution in [1.82, 2.24) is 0 Å². The van der Waals surface area contributed by atoms with Crippen molar-refractivity contribution in [3.63, 3.8) is 0 Å². The first-order chi connectivity index (χ1) is 9.36. The van der Waals surface area contributed by atoms with Crippen LogP contribution in [-0.4, -0.2) is 24.9 Å². The summed E-state index contributed by atoms with van der Waals surface area (Å²) >= 11 is 0. The molecule has 0 N–H and O–H groups in total. The fraction of sp³-hybridized carbons (Fsp3) is 0.438. The second kappa shape index (κ2) is 7.47. The number of rotatable bonds is 7. The maximum atomic E-state index is 12.3. The summed E-state index contributed by atoms with van der Waals surface area (Å²) in [4.78, 5) is 12.3. The summed E-state index contributed by atoms with van der Waals surface area (Å²) in [7, 11) is -1.98. The molecular weight excluding hydrogens is 271 g/mol. The Hall–Kier alpha value is -1.31.